The second kappa shape index (κ2) is 7.55. The van der Waals surface area contributed by atoms with E-state index in [0.29, 0.717) is 17.9 Å². The van der Waals surface area contributed by atoms with Crippen molar-refractivity contribution in [2.45, 2.75) is 32.4 Å². The fourth-order valence-corrected chi connectivity index (χ4v) is 4.18. The van der Waals surface area contributed by atoms with E-state index in [2.05, 4.69) is 27.3 Å². The number of aromatic nitrogens is 1. The number of fused-ring (bicyclic) bond motifs is 1. The lowest BCUT2D eigenvalue weighted by Gasteiger charge is -2.23. The highest BCUT2D eigenvalue weighted by molar-refractivity contribution is 5.80. The van der Waals surface area contributed by atoms with Gasteiger partial charge >= 0.3 is 0 Å². The number of nitrogens with two attached hydrogens (primary N) is 1. The minimum absolute atomic E-state index is 0.324. The number of nitrogens with one attached hydrogen (secondary N) is 1. The molecule has 0 aliphatic carbocycles. The molecule has 27 heavy (non-hydrogen) atoms. The van der Waals surface area contributed by atoms with E-state index in [9.17, 15) is 5.26 Å². The first-order valence-corrected chi connectivity index (χ1v) is 9.53. The van der Waals surface area contributed by atoms with E-state index in [-0.39, 0.29) is 0 Å². The van der Waals surface area contributed by atoms with E-state index in [0.717, 1.165) is 66.3 Å². The topological polar surface area (TPSA) is 87.2 Å². The van der Waals surface area contributed by atoms with Gasteiger partial charge in [0.2, 0.25) is 0 Å². The number of likely N-dealkylation sites (tertiary alicyclic amines) is 1. The molecule has 1 saturated heterocycles. The summed E-state index contributed by atoms with van der Waals surface area (Å²) in [6, 6.07) is 8.46. The largest absolute Gasteiger partial charge is 0.496 e. The van der Waals surface area contributed by atoms with Crippen LogP contribution in [-0.2, 0) is 19.5 Å². The number of nitrogens with zero attached hydrogens (tertiary/aromatic N) is 3. The Kier molecular flexibility index (Phi) is 4.97. The second-order valence-corrected chi connectivity index (χ2v) is 7.22. The lowest BCUT2D eigenvalue weighted by atomic mass is 9.90. The van der Waals surface area contributed by atoms with Crippen LogP contribution in [-0.4, -0.2) is 36.6 Å². The highest BCUT2D eigenvalue weighted by Gasteiger charge is 2.23. The van der Waals surface area contributed by atoms with E-state index in [1.807, 2.05) is 12.1 Å². The number of nitriles is 1. The molecule has 0 amide bonds. The molecule has 1 aromatic carbocycles. The molecular weight excluding hydrogens is 338 g/mol. The van der Waals surface area contributed by atoms with Crippen molar-refractivity contribution in [2.24, 2.45) is 0 Å². The van der Waals surface area contributed by atoms with Crippen LogP contribution in [0.15, 0.2) is 18.2 Å². The molecule has 1 fully saturated rings. The molecule has 0 spiro atoms. The zero-order valence-corrected chi connectivity index (χ0v) is 15.7. The fraction of sp³-hybridized carbons (Fsp3) is 0.429. The van der Waals surface area contributed by atoms with Gasteiger partial charge in [-0.25, -0.2) is 4.98 Å². The van der Waals surface area contributed by atoms with Crippen molar-refractivity contribution in [3.8, 4) is 22.9 Å². The Morgan fingerprint density at radius 1 is 1.33 bits per heavy atom. The Labute approximate surface area is 160 Å². The number of hydrogen-bond donors (Lipinski definition) is 2. The molecular formula is C21H25N5O. The maximum Gasteiger partial charge on any atom is 0.142 e. The third-order valence-corrected chi connectivity index (χ3v) is 5.53. The van der Waals surface area contributed by atoms with Gasteiger partial charge in [0.25, 0.3) is 0 Å². The van der Waals surface area contributed by atoms with Crippen molar-refractivity contribution < 1.29 is 4.74 Å². The Balaban J connectivity index is 1.83. The van der Waals surface area contributed by atoms with Gasteiger partial charge in [-0.1, -0.05) is 6.07 Å². The van der Waals surface area contributed by atoms with Crippen molar-refractivity contribution in [1.29, 1.82) is 5.26 Å². The minimum atomic E-state index is 0.324. The molecule has 0 unspecified atom stereocenters. The van der Waals surface area contributed by atoms with Crippen LogP contribution in [0.5, 0.6) is 5.75 Å². The molecule has 2 aliphatic heterocycles. The van der Waals surface area contributed by atoms with E-state index in [4.69, 9.17) is 10.5 Å². The van der Waals surface area contributed by atoms with E-state index in [1.165, 1.54) is 12.8 Å². The predicted molar refractivity (Wildman–Crippen MR) is 105 cm³/mol. The quantitative estimate of drug-likeness (QED) is 0.868. The van der Waals surface area contributed by atoms with E-state index < -0.39 is 0 Å². The summed E-state index contributed by atoms with van der Waals surface area (Å²) in [5.41, 5.74) is 11.8. The summed E-state index contributed by atoms with van der Waals surface area (Å²) < 4.78 is 5.60. The maximum atomic E-state index is 9.74. The lowest BCUT2D eigenvalue weighted by Crippen LogP contribution is -2.26. The van der Waals surface area contributed by atoms with Crippen molar-refractivity contribution in [3.63, 3.8) is 0 Å². The summed E-state index contributed by atoms with van der Waals surface area (Å²) in [6.45, 7) is 4.70. The molecule has 3 N–H and O–H groups in total. The summed E-state index contributed by atoms with van der Waals surface area (Å²) in [6.07, 6.45) is 3.33. The molecule has 0 atom stereocenters. The van der Waals surface area contributed by atoms with Crippen LogP contribution in [0.25, 0.3) is 11.1 Å². The number of ether oxygens (including phenoxy) is 1. The number of hydrogen-bond acceptors (Lipinski definition) is 6. The summed E-state index contributed by atoms with van der Waals surface area (Å²) in [5.74, 6) is 1.21. The molecule has 2 aliphatic rings. The van der Waals surface area contributed by atoms with Crippen LogP contribution < -0.4 is 15.8 Å². The predicted octanol–water partition coefficient (Wildman–Crippen LogP) is 2.45. The highest BCUT2D eigenvalue weighted by atomic mass is 16.5. The highest BCUT2D eigenvalue weighted by Crippen LogP contribution is 2.36. The van der Waals surface area contributed by atoms with Gasteiger partial charge in [-0.3, -0.25) is 4.90 Å². The van der Waals surface area contributed by atoms with Gasteiger partial charge in [-0.05, 0) is 49.2 Å². The Morgan fingerprint density at radius 2 is 2.15 bits per heavy atom. The number of methoxy groups -OCH3 is 1. The van der Waals surface area contributed by atoms with Crippen LogP contribution >= 0.6 is 0 Å². The molecule has 0 saturated carbocycles. The molecule has 6 heteroatoms. The number of benzene rings is 1. The van der Waals surface area contributed by atoms with Crippen LogP contribution in [0.4, 0.5) is 5.82 Å². The molecule has 4 rings (SSSR count). The molecule has 0 radical (unpaired) electrons. The summed E-state index contributed by atoms with van der Waals surface area (Å²) >= 11 is 0. The third kappa shape index (κ3) is 3.36. The van der Waals surface area contributed by atoms with E-state index in [1.54, 1.807) is 7.11 Å². The van der Waals surface area contributed by atoms with E-state index >= 15 is 0 Å². The smallest absolute Gasteiger partial charge is 0.142 e. The van der Waals surface area contributed by atoms with Gasteiger partial charge in [0, 0.05) is 42.9 Å². The maximum absolute atomic E-state index is 9.74. The lowest BCUT2D eigenvalue weighted by molar-refractivity contribution is 0.321. The van der Waals surface area contributed by atoms with Crippen molar-refractivity contribution in [1.82, 2.24) is 15.2 Å². The van der Waals surface area contributed by atoms with Crippen molar-refractivity contribution >= 4 is 5.82 Å². The van der Waals surface area contributed by atoms with Crippen molar-refractivity contribution in [2.75, 3.05) is 32.5 Å². The average Bonchev–Trinajstić information content (AvgIpc) is 3.20. The first kappa shape index (κ1) is 17.8. The molecule has 0 bridgehead atoms. The standard InChI is InChI=1S/C21H25N5O/c1-27-19-5-4-14(10-15(19)13-26-8-2-3-9-26)20-16(11-22)21(23)25-18-6-7-24-12-17(18)20/h4-5,10,24H,2-3,6-9,12-13H2,1H3,(H2,23,25). The van der Waals surface area contributed by atoms with Crippen molar-refractivity contribution in [3.05, 3.63) is 40.6 Å². The minimum Gasteiger partial charge on any atom is -0.496 e. The molecule has 140 valence electrons. The monoisotopic (exact) mass is 363 g/mol. The molecule has 2 aromatic rings. The van der Waals surface area contributed by atoms with Crippen LogP contribution in [0, 0.1) is 11.3 Å². The van der Waals surface area contributed by atoms with Gasteiger partial charge in [0.1, 0.15) is 23.2 Å². The fourth-order valence-electron chi connectivity index (χ4n) is 4.18. The zero-order valence-electron chi connectivity index (χ0n) is 15.7. The SMILES string of the molecule is COc1ccc(-c2c(C#N)c(N)nc3c2CNCC3)cc1CN1CCCC1. The first-order chi connectivity index (χ1) is 13.2. The van der Waals surface area contributed by atoms with Gasteiger partial charge in [0.15, 0.2) is 0 Å². The summed E-state index contributed by atoms with van der Waals surface area (Å²) in [4.78, 5) is 6.94. The summed E-state index contributed by atoms with van der Waals surface area (Å²) in [7, 11) is 1.71. The molecule has 1 aromatic heterocycles. The third-order valence-electron chi connectivity index (χ3n) is 5.53. The summed E-state index contributed by atoms with van der Waals surface area (Å²) in [5, 5.41) is 13.1. The second-order valence-electron chi connectivity index (χ2n) is 7.22. The molecule has 3 heterocycles. The number of anilines is 1. The zero-order chi connectivity index (χ0) is 18.8. The van der Waals surface area contributed by atoms with Gasteiger partial charge < -0.3 is 15.8 Å². The Morgan fingerprint density at radius 3 is 2.89 bits per heavy atom. The van der Waals surface area contributed by atoms with Crippen LogP contribution in [0.3, 0.4) is 0 Å². The Bertz CT molecular complexity index is 896. The number of pyridine rings is 1. The average molecular weight is 363 g/mol. The van der Waals surface area contributed by atoms with Gasteiger partial charge in [0.05, 0.1) is 7.11 Å². The number of rotatable bonds is 4. The normalized spacial score (nSPS) is 16.7. The number of nitrogen functional groups attached to an aromatic ring is 1. The first-order valence-electron chi connectivity index (χ1n) is 9.53. The van der Waals surface area contributed by atoms with Crippen LogP contribution in [0.2, 0.25) is 0 Å². The van der Waals surface area contributed by atoms with Gasteiger partial charge in [-0.15, -0.1) is 0 Å². The Hall–Kier alpha value is -2.62. The molecule has 6 nitrogen and oxygen atoms in total. The van der Waals surface area contributed by atoms with Gasteiger partial charge in [-0.2, -0.15) is 5.26 Å². The van der Waals surface area contributed by atoms with Crippen LogP contribution in [0.1, 0.15) is 35.2 Å².